The number of ether oxygens (including phenoxy) is 2. The summed E-state index contributed by atoms with van der Waals surface area (Å²) in [4.78, 5) is 12.2. The number of nitrogens with zero attached hydrogens (tertiary/aromatic N) is 5. The van der Waals surface area contributed by atoms with E-state index in [1.165, 1.54) is 4.68 Å². The van der Waals surface area contributed by atoms with Crippen LogP contribution < -0.4 is 14.8 Å². The SMILES string of the molecule is Cn1cc(NC(=O)c2cn(-c3ccc4c(c3)OCCO4)nn2)cn1. The van der Waals surface area contributed by atoms with Crippen LogP contribution in [0.15, 0.2) is 36.8 Å². The Hall–Kier alpha value is -3.36. The second-order valence-corrected chi connectivity index (χ2v) is 5.23. The molecule has 4 rings (SSSR count). The molecule has 1 N–H and O–H groups in total. The fourth-order valence-corrected chi connectivity index (χ4v) is 2.35. The maximum Gasteiger partial charge on any atom is 0.277 e. The Morgan fingerprint density at radius 3 is 2.83 bits per heavy atom. The van der Waals surface area contributed by atoms with E-state index in [4.69, 9.17) is 9.47 Å². The van der Waals surface area contributed by atoms with Gasteiger partial charge in [-0.15, -0.1) is 5.10 Å². The maximum absolute atomic E-state index is 12.2. The number of carbonyl (C=O) groups is 1. The molecule has 0 fully saturated rings. The lowest BCUT2D eigenvalue weighted by Crippen LogP contribution is -2.15. The molecule has 1 amide bonds. The van der Waals surface area contributed by atoms with Crippen LogP contribution in [0.5, 0.6) is 11.5 Å². The van der Waals surface area contributed by atoms with Crippen molar-refractivity contribution < 1.29 is 14.3 Å². The summed E-state index contributed by atoms with van der Waals surface area (Å²) in [5.74, 6) is 0.988. The Balaban J connectivity index is 1.55. The highest BCUT2D eigenvalue weighted by molar-refractivity contribution is 6.02. The van der Waals surface area contributed by atoms with Crippen molar-refractivity contribution in [2.45, 2.75) is 0 Å². The fraction of sp³-hybridized carbons (Fsp3) is 0.200. The Morgan fingerprint density at radius 1 is 1.21 bits per heavy atom. The summed E-state index contributed by atoms with van der Waals surface area (Å²) in [5.41, 5.74) is 1.53. The van der Waals surface area contributed by atoms with Gasteiger partial charge in [-0.25, -0.2) is 4.68 Å². The quantitative estimate of drug-likeness (QED) is 0.772. The summed E-state index contributed by atoms with van der Waals surface area (Å²) >= 11 is 0. The molecule has 9 nitrogen and oxygen atoms in total. The molecule has 3 aromatic rings. The Morgan fingerprint density at radius 2 is 2.04 bits per heavy atom. The highest BCUT2D eigenvalue weighted by Crippen LogP contribution is 2.31. The Labute approximate surface area is 136 Å². The second-order valence-electron chi connectivity index (χ2n) is 5.23. The molecule has 0 aliphatic carbocycles. The molecule has 9 heteroatoms. The van der Waals surface area contributed by atoms with Gasteiger partial charge < -0.3 is 14.8 Å². The fourth-order valence-electron chi connectivity index (χ4n) is 2.35. The van der Waals surface area contributed by atoms with Gasteiger partial charge in [0, 0.05) is 19.3 Å². The lowest BCUT2D eigenvalue weighted by atomic mass is 10.2. The first-order valence-corrected chi connectivity index (χ1v) is 7.31. The van der Waals surface area contributed by atoms with Crippen molar-refractivity contribution in [2.24, 2.45) is 7.05 Å². The molecule has 0 radical (unpaired) electrons. The number of fused-ring (bicyclic) bond motifs is 1. The number of amides is 1. The summed E-state index contributed by atoms with van der Waals surface area (Å²) < 4.78 is 14.1. The molecule has 0 spiro atoms. The third-order valence-electron chi connectivity index (χ3n) is 3.48. The molecule has 1 aliphatic rings. The summed E-state index contributed by atoms with van der Waals surface area (Å²) in [6.07, 6.45) is 4.81. The van der Waals surface area contributed by atoms with Crippen LogP contribution in [0.3, 0.4) is 0 Å². The lowest BCUT2D eigenvalue weighted by Gasteiger charge is -2.18. The highest BCUT2D eigenvalue weighted by atomic mass is 16.6. The Bertz CT molecular complexity index is 900. The molecule has 122 valence electrons. The van der Waals surface area contributed by atoms with Crippen LogP contribution in [0, 0.1) is 0 Å². The standard InChI is InChI=1S/C15H14N6O3/c1-20-8-10(7-16-20)17-15(22)12-9-21(19-18-12)11-2-3-13-14(6-11)24-5-4-23-13/h2-3,6-9H,4-5H2,1H3,(H,17,22). The molecular weight excluding hydrogens is 312 g/mol. The number of benzene rings is 1. The van der Waals surface area contributed by atoms with E-state index in [1.807, 2.05) is 6.07 Å². The molecule has 0 bridgehead atoms. The molecular formula is C15H14N6O3. The van der Waals surface area contributed by atoms with Crippen molar-refractivity contribution in [3.8, 4) is 17.2 Å². The van der Waals surface area contributed by atoms with E-state index in [2.05, 4.69) is 20.7 Å². The number of aryl methyl sites for hydroxylation is 1. The van der Waals surface area contributed by atoms with Crippen LogP contribution in [0.4, 0.5) is 5.69 Å². The van der Waals surface area contributed by atoms with E-state index in [0.29, 0.717) is 30.4 Å². The molecule has 0 saturated heterocycles. The van der Waals surface area contributed by atoms with Crippen molar-refractivity contribution in [3.63, 3.8) is 0 Å². The number of nitrogens with one attached hydrogen (secondary N) is 1. The van der Waals surface area contributed by atoms with Gasteiger partial charge in [-0.3, -0.25) is 9.48 Å². The van der Waals surface area contributed by atoms with Crippen molar-refractivity contribution >= 4 is 11.6 Å². The average molecular weight is 326 g/mol. The van der Waals surface area contributed by atoms with Crippen LogP contribution in [0.1, 0.15) is 10.5 Å². The van der Waals surface area contributed by atoms with E-state index in [1.54, 1.807) is 42.5 Å². The molecule has 1 aliphatic heterocycles. The van der Waals surface area contributed by atoms with Gasteiger partial charge in [-0.05, 0) is 12.1 Å². The first-order valence-electron chi connectivity index (χ1n) is 7.31. The van der Waals surface area contributed by atoms with Crippen LogP contribution in [0.2, 0.25) is 0 Å². The normalized spacial score (nSPS) is 12.9. The summed E-state index contributed by atoms with van der Waals surface area (Å²) in [6, 6.07) is 5.43. The van der Waals surface area contributed by atoms with Crippen LogP contribution in [-0.2, 0) is 7.05 Å². The molecule has 0 unspecified atom stereocenters. The maximum atomic E-state index is 12.2. The monoisotopic (exact) mass is 326 g/mol. The molecule has 0 saturated carbocycles. The van der Waals surface area contributed by atoms with E-state index < -0.39 is 0 Å². The van der Waals surface area contributed by atoms with Crippen molar-refractivity contribution in [1.29, 1.82) is 0 Å². The van der Waals surface area contributed by atoms with Crippen LogP contribution >= 0.6 is 0 Å². The third kappa shape index (κ3) is 2.67. The van der Waals surface area contributed by atoms with Gasteiger partial charge in [0.15, 0.2) is 17.2 Å². The van der Waals surface area contributed by atoms with Gasteiger partial charge in [0.2, 0.25) is 0 Å². The van der Waals surface area contributed by atoms with E-state index in [0.717, 1.165) is 5.69 Å². The van der Waals surface area contributed by atoms with Gasteiger partial charge in [-0.1, -0.05) is 5.21 Å². The number of rotatable bonds is 3. The van der Waals surface area contributed by atoms with Gasteiger partial charge >= 0.3 is 0 Å². The number of aromatic nitrogens is 5. The van der Waals surface area contributed by atoms with Crippen molar-refractivity contribution in [1.82, 2.24) is 24.8 Å². The minimum absolute atomic E-state index is 0.203. The zero-order valence-corrected chi connectivity index (χ0v) is 12.8. The van der Waals surface area contributed by atoms with E-state index in [9.17, 15) is 4.79 Å². The zero-order chi connectivity index (χ0) is 16.5. The second kappa shape index (κ2) is 5.69. The van der Waals surface area contributed by atoms with Crippen molar-refractivity contribution in [2.75, 3.05) is 18.5 Å². The van der Waals surface area contributed by atoms with E-state index >= 15 is 0 Å². The van der Waals surface area contributed by atoms with Crippen LogP contribution in [-0.4, -0.2) is 43.9 Å². The molecule has 0 atom stereocenters. The molecule has 24 heavy (non-hydrogen) atoms. The Kier molecular flexibility index (Phi) is 3.38. The summed E-state index contributed by atoms with van der Waals surface area (Å²) in [5, 5.41) is 14.6. The molecule has 2 aromatic heterocycles. The molecule has 3 heterocycles. The minimum atomic E-state index is -0.355. The van der Waals surface area contributed by atoms with Gasteiger partial charge in [0.05, 0.1) is 23.8 Å². The largest absolute Gasteiger partial charge is 0.486 e. The number of anilines is 1. The van der Waals surface area contributed by atoms with Crippen molar-refractivity contribution in [3.05, 3.63) is 42.5 Å². The minimum Gasteiger partial charge on any atom is -0.486 e. The number of hydrogen-bond donors (Lipinski definition) is 1. The van der Waals surface area contributed by atoms with Crippen LogP contribution in [0.25, 0.3) is 5.69 Å². The van der Waals surface area contributed by atoms with E-state index in [-0.39, 0.29) is 11.6 Å². The summed E-state index contributed by atoms with van der Waals surface area (Å²) in [7, 11) is 1.77. The third-order valence-corrected chi connectivity index (χ3v) is 3.48. The lowest BCUT2D eigenvalue weighted by molar-refractivity contribution is 0.102. The summed E-state index contributed by atoms with van der Waals surface area (Å²) in [6.45, 7) is 1.04. The smallest absolute Gasteiger partial charge is 0.277 e. The zero-order valence-electron chi connectivity index (χ0n) is 12.8. The predicted molar refractivity (Wildman–Crippen MR) is 83.5 cm³/mol. The first-order chi connectivity index (χ1) is 11.7. The topological polar surface area (TPSA) is 96.1 Å². The number of hydrogen-bond acceptors (Lipinski definition) is 6. The predicted octanol–water partition coefficient (Wildman–Crippen LogP) is 1.02. The molecule has 1 aromatic carbocycles. The first kappa shape index (κ1) is 14.2. The van der Waals surface area contributed by atoms with Gasteiger partial charge in [0.25, 0.3) is 5.91 Å². The van der Waals surface area contributed by atoms with Gasteiger partial charge in [-0.2, -0.15) is 5.10 Å². The number of carbonyl (C=O) groups excluding carboxylic acids is 1. The highest BCUT2D eigenvalue weighted by Gasteiger charge is 2.15. The average Bonchev–Trinajstić information content (AvgIpc) is 3.24. The van der Waals surface area contributed by atoms with Gasteiger partial charge in [0.1, 0.15) is 13.2 Å².